The molecule has 2 atom stereocenters. The molecular weight excluding hydrogens is 230 g/mol. The minimum atomic E-state index is -1.12. The van der Waals surface area contributed by atoms with E-state index in [1.807, 2.05) is 37.3 Å². The Hall–Kier alpha value is -1.84. The highest BCUT2D eigenvalue weighted by atomic mass is 16.4. The van der Waals surface area contributed by atoms with Gasteiger partial charge in [0.1, 0.15) is 0 Å². The monoisotopic (exact) mass is 248 g/mol. The summed E-state index contributed by atoms with van der Waals surface area (Å²) in [5.74, 6) is -1.47. The summed E-state index contributed by atoms with van der Waals surface area (Å²) < 4.78 is 0. The van der Waals surface area contributed by atoms with Gasteiger partial charge in [-0.05, 0) is 24.8 Å². The number of rotatable bonds is 6. The Morgan fingerprint density at radius 2 is 1.78 bits per heavy atom. The van der Waals surface area contributed by atoms with Gasteiger partial charge in [0, 0.05) is 12.4 Å². The molecule has 0 saturated heterocycles. The molecule has 0 aliphatic rings. The summed E-state index contributed by atoms with van der Waals surface area (Å²) in [7, 11) is 0. The van der Waals surface area contributed by atoms with Gasteiger partial charge in [-0.3, -0.25) is 4.79 Å². The summed E-state index contributed by atoms with van der Waals surface area (Å²) in [6.07, 6.45) is 0.109. The summed E-state index contributed by atoms with van der Waals surface area (Å²) in [5.41, 5.74) is 1.03. The minimum Gasteiger partial charge on any atom is -0.550 e. The number of carboxylic acid groups (broad SMARTS) is 1. The number of hydrogen-bond donors (Lipinski definition) is 1. The maximum atomic E-state index is 11.7. The molecule has 1 amide bonds. The number of carbonyl (C=O) groups is 2. The molecule has 1 aromatic carbocycles. The number of benzene rings is 1. The van der Waals surface area contributed by atoms with Crippen LogP contribution in [0, 0.1) is 5.92 Å². The van der Waals surface area contributed by atoms with Crippen molar-refractivity contribution in [3.63, 3.8) is 0 Å². The summed E-state index contributed by atoms with van der Waals surface area (Å²) in [4.78, 5) is 22.1. The maximum Gasteiger partial charge on any atom is 0.220 e. The maximum absolute atomic E-state index is 11.7. The van der Waals surface area contributed by atoms with Gasteiger partial charge in [0.15, 0.2) is 0 Å². The van der Waals surface area contributed by atoms with Gasteiger partial charge < -0.3 is 15.2 Å². The first-order valence-electron chi connectivity index (χ1n) is 6.03. The molecule has 18 heavy (non-hydrogen) atoms. The van der Waals surface area contributed by atoms with E-state index >= 15 is 0 Å². The van der Waals surface area contributed by atoms with Crippen LogP contribution in [0.15, 0.2) is 30.3 Å². The lowest BCUT2D eigenvalue weighted by molar-refractivity contribution is -0.306. The van der Waals surface area contributed by atoms with Crippen molar-refractivity contribution in [3.8, 4) is 0 Å². The SMILES string of the molecule is C[C@@H](CC(=O)[O-])CC(=O)N[C@@H](C)c1ccccc1. The Labute approximate surface area is 107 Å². The van der Waals surface area contributed by atoms with Gasteiger partial charge in [-0.15, -0.1) is 0 Å². The third-order valence-corrected chi connectivity index (χ3v) is 2.73. The van der Waals surface area contributed by atoms with Crippen molar-refractivity contribution in [2.24, 2.45) is 5.92 Å². The standard InChI is InChI=1S/C14H19NO3/c1-10(9-14(17)18)8-13(16)15-11(2)12-6-4-3-5-7-12/h3-7,10-11H,8-9H2,1-2H3,(H,15,16)(H,17,18)/p-1/t10-,11+/m1/s1. The molecule has 0 fully saturated rings. The molecule has 0 saturated carbocycles. The molecule has 0 spiro atoms. The molecule has 1 aromatic rings. The molecule has 4 nitrogen and oxygen atoms in total. The van der Waals surface area contributed by atoms with Crippen molar-refractivity contribution in [1.29, 1.82) is 0 Å². The molecule has 4 heteroatoms. The van der Waals surface area contributed by atoms with E-state index in [-0.39, 0.29) is 30.7 Å². The van der Waals surface area contributed by atoms with Crippen LogP contribution in [0.25, 0.3) is 0 Å². The molecule has 0 radical (unpaired) electrons. The first-order valence-corrected chi connectivity index (χ1v) is 6.03. The van der Waals surface area contributed by atoms with E-state index in [4.69, 9.17) is 0 Å². The van der Waals surface area contributed by atoms with Crippen molar-refractivity contribution in [1.82, 2.24) is 5.32 Å². The number of carbonyl (C=O) groups excluding carboxylic acids is 2. The highest BCUT2D eigenvalue weighted by Crippen LogP contribution is 2.13. The number of carboxylic acids is 1. The van der Waals surface area contributed by atoms with Crippen LogP contribution in [-0.2, 0) is 9.59 Å². The van der Waals surface area contributed by atoms with Crippen LogP contribution < -0.4 is 10.4 Å². The predicted molar refractivity (Wildman–Crippen MR) is 66.4 cm³/mol. The summed E-state index contributed by atoms with van der Waals surface area (Å²) in [5, 5.41) is 13.2. The lowest BCUT2D eigenvalue weighted by atomic mass is 10.0. The minimum absolute atomic E-state index is 0.0751. The second kappa shape index (κ2) is 6.79. The molecule has 0 aliphatic carbocycles. The molecule has 0 aromatic heterocycles. The third kappa shape index (κ3) is 4.99. The Bertz CT molecular complexity index is 403. The highest BCUT2D eigenvalue weighted by molar-refractivity contribution is 5.77. The van der Waals surface area contributed by atoms with Crippen LogP contribution in [0.2, 0.25) is 0 Å². The second-order valence-corrected chi connectivity index (χ2v) is 4.59. The van der Waals surface area contributed by atoms with Crippen LogP contribution >= 0.6 is 0 Å². The van der Waals surface area contributed by atoms with Gasteiger partial charge in [-0.25, -0.2) is 0 Å². The first kappa shape index (κ1) is 14.2. The zero-order valence-corrected chi connectivity index (χ0v) is 10.7. The Balaban J connectivity index is 2.43. The van der Waals surface area contributed by atoms with Gasteiger partial charge in [0.25, 0.3) is 0 Å². The molecule has 0 aliphatic heterocycles. The third-order valence-electron chi connectivity index (χ3n) is 2.73. The van der Waals surface area contributed by atoms with Gasteiger partial charge in [-0.1, -0.05) is 37.3 Å². The smallest absolute Gasteiger partial charge is 0.220 e. The number of aliphatic carboxylic acids is 1. The van der Waals surface area contributed by atoms with Crippen LogP contribution in [0.5, 0.6) is 0 Å². The average molecular weight is 248 g/mol. The number of amides is 1. The molecule has 0 heterocycles. The van der Waals surface area contributed by atoms with Gasteiger partial charge >= 0.3 is 0 Å². The van der Waals surface area contributed by atoms with Crippen molar-refractivity contribution in [2.75, 3.05) is 0 Å². The molecular formula is C14H18NO3-. The normalized spacial score (nSPS) is 13.7. The Morgan fingerprint density at radius 3 is 2.33 bits per heavy atom. The molecule has 0 bridgehead atoms. The van der Waals surface area contributed by atoms with Gasteiger partial charge in [0.2, 0.25) is 5.91 Å². The number of nitrogens with one attached hydrogen (secondary N) is 1. The van der Waals surface area contributed by atoms with Crippen molar-refractivity contribution >= 4 is 11.9 Å². The van der Waals surface area contributed by atoms with Crippen molar-refractivity contribution in [3.05, 3.63) is 35.9 Å². The van der Waals surface area contributed by atoms with E-state index in [1.54, 1.807) is 6.92 Å². The van der Waals surface area contributed by atoms with Crippen molar-refractivity contribution < 1.29 is 14.7 Å². The average Bonchev–Trinajstić information content (AvgIpc) is 2.28. The lowest BCUT2D eigenvalue weighted by Gasteiger charge is -2.16. The van der Waals surface area contributed by atoms with E-state index < -0.39 is 5.97 Å². The van der Waals surface area contributed by atoms with Gasteiger partial charge in [0.05, 0.1) is 6.04 Å². The fourth-order valence-corrected chi connectivity index (χ4v) is 1.80. The molecule has 98 valence electrons. The van der Waals surface area contributed by atoms with E-state index in [0.29, 0.717) is 0 Å². The fraction of sp³-hybridized carbons (Fsp3) is 0.429. The van der Waals surface area contributed by atoms with Crippen LogP contribution in [-0.4, -0.2) is 11.9 Å². The second-order valence-electron chi connectivity index (χ2n) is 4.59. The fourth-order valence-electron chi connectivity index (χ4n) is 1.80. The van der Waals surface area contributed by atoms with E-state index in [9.17, 15) is 14.7 Å². The lowest BCUT2D eigenvalue weighted by Crippen LogP contribution is -2.30. The topological polar surface area (TPSA) is 69.2 Å². The number of hydrogen-bond acceptors (Lipinski definition) is 3. The Kier molecular flexibility index (Phi) is 5.36. The summed E-state index contributed by atoms with van der Waals surface area (Å²) in [6, 6.07) is 9.55. The zero-order chi connectivity index (χ0) is 13.5. The quantitative estimate of drug-likeness (QED) is 0.817. The van der Waals surface area contributed by atoms with Crippen LogP contribution in [0.3, 0.4) is 0 Å². The van der Waals surface area contributed by atoms with Crippen LogP contribution in [0.4, 0.5) is 0 Å². The summed E-state index contributed by atoms with van der Waals surface area (Å²) in [6.45, 7) is 3.62. The Morgan fingerprint density at radius 1 is 1.17 bits per heavy atom. The molecule has 0 unspecified atom stereocenters. The van der Waals surface area contributed by atoms with E-state index in [0.717, 1.165) is 5.56 Å². The van der Waals surface area contributed by atoms with E-state index in [1.165, 1.54) is 0 Å². The zero-order valence-electron chi connectivity index (χ0n) is 10.7. The molecule has 1 rings (SSSR count). The predicted octanol–water partition coefficient (Wildman–Crippen LogP) is 1.03. The van der Waals surface area contributed by atoms with Crippen LogP contribution in [0.1, 0.15) is 38.3 Å². The largest absolute Gasteiger partial charge is 0.550 e. The van der Waals surface area contributed by atoms with Gasteiger partial charge in [-0.2, -0.15) is 0 Å². The highest BCUT2D eigenvalue weighted by Gasteiger charge is 2.12. The van der Waals surface area contributed by atoms with Crippen molar-refractivity contribution in [2.45, 2.75) is 32.7 Å². The summed E-state index contributed by atoms with van der Waals surface area (Å²) >= 11 is 0. The van der Waals surface area contributed by atoms with E-state index in [2.05, 4.69) is 5.32 Å². The molecule has 1 N–H and O–H groups in total. The first-order chi connectivity index (χ1) is 8.49.